The van der Waals surface area contributed by atoms with Crippen molar-refractivity contribution in [3.8, 4) is 0 Å². The number of pyridine rings is 1. The van der Waals surface area contributed by atoms with Crippen molar-refractivity contribution < 1.29 is 4.79 Å². The van der Waals surface area contributed by atoms with E-state index in [9.17, 15) is 4.79 Å². The van der Waals surface area contributed by atoms with Crippen molar-refractivity contribution in [2.24, 2.45) is 11.7 Å². The van der Waals surface area contributed by atoms with Crippen LogP contribution in [0.5, 0.6) is 0 Å². The number of carbonyl (C=O) groups excluding carboxylic acids is 1. The molecule has 3 rings (SSSR count). The van der Waals surface area contributed by atoms with Gasteiger partial charge in [-0.3, -0.25) is 9.78 Å². The van der Waals surface area contributed by atoms with E-state index >= 15 is 0 Å². The van der Waals surface area contributed by atoms with E-state index in [1.54, 1.807) is 12.4 Å². The van der Waals surface area contributed by atoms with Gasteiger partial charge < -0.3 is 11.1 Å². The summed E-state index contributed by atoms with van der Waals surface area (Å²) >= 11 is 6.15. The summed E-state index contributed by atoms with van der Waals surface area (Å²) in [6, 6.07) is 11.8. The van der Waals surface area contributed by atoms with Crippen molar-refractivity contribution in [1.82, 2.24) is 10.3 Å². The van der Waals surface area contributed by atoms with Gasteiger partial charge in [-0.1, -0.05) is 29.8 Å². The topological polar surface area (TPSA) is 68.0 Å². The van der Waals surface area contributed by atoms with Gasteiger partial charge in [0.25, 0.3) is 0 Å². The number of carbonyl (C=O) groups is 1. The van der Waals surface area contributed by atoms with Crippen LogP contribution in [-0.4, -0.2) is 17.4 Å². The molecule has 3 N–H and O–H groups in total. The number of nitrogens with two attached hydrogens (primary N) is 1. The monoisotopic (exact) mass is 393 g/mol. The van der Waals surface area contributed by atoms with Gasteiger partial charge in [0.15, 0.2) is 0 Å². The van der Waals surface area contributed by atoms with Gasteiger partial charge >= 0.3 is 0 Å². The van der Waals surface area contributed by atoms with E-state index in [2.05, 4.69) is 16.4 Å². The van der Waals surface area contributed by atoms with Gasteiger partial charge in [0.2, 0.25) is 5.91 Å². The number of nitrogens with one attached hydrogen (secondary N) is 1. The Morgan fingerprint density at radius 3 is 2.65 bits per heavy atom. The molecule has 1 heterocycles. The first kappa shape index (κ1) is 20.7. The third kappa shape index (κ3) is 4.76. The standard InChI is InChI=1S/C20H24ClN3O.ClH/c21-18-5-1-4-17(11-18)20(14-22)8-6-16(7-9-20)19(25)24-13-15-3-2-10-23-12-15;/h1-5,10-12,16H,6-9,13-14,22H2,(H,24,25);1H. The number of rotatable bonds is 5. The van der Waals surface area contributed by atoms with Crippen LogP contribution in [0.2, 0.25) is 5.02 Å². The molecule has 1 aliphatic rings. The molecular weight excluding hydrogens is 369 g/mol. The lowest BCUT2D eigenvalue weighted by Gasteiger charge is -2.39. The summed E-state index contributed by atoms with van der Waals surface area (Å²) < 4.78 is 0. The fraction of sp³-hybridized carbons (Fsp3) is 0.400. The maximum Gasteiger partial charge on any atom is 0.223 e. The zero-order valence-electron chi connectivity index (χ0n) is 14.7. The maximum atomic E-state index is 12.5. The third-order valence-corrected chi connectivity index (χ3v) is 5.57. The number of hydrogen-bond donors (Lipinski definition) is 2. The minimum Gasteiger partial charge on any atom is -0.352 e. The maximum absolute atomic E-state index is 12.5. The Balaban J connectivity index is 0.00000243. The van der Waals surface area contributed by atoms with Crippen LogP contribution in [0.4, 0.5) is 0 Å². The largest absolute Gasteiger partial charge is 0.352 e. The molecule has 2 aromatic rings. The first-order chi connectivity index (χ1) is 12.1. The predicted octanol–water partition coefficient (Wildman–Crippen LogP) is 3.86. The Bertz CT molecular complexity index is 716. The molecule has 1 aromatic heterocycles. The average Bonchev–Trinajstić information content (AvgIpc) is 2.67. The molecule has 4 nitrogen and oxygen atoms in total. The fourth-order valence-electron chi connectivity index (χ4n) is 3.70. The van der Waals surface area contributed by atoms with Gasteiger partial charge in [-0.15, -0.1) is 12.4 Å². The number of benzene rings is 1. The highest BCUT2D eigenvalue weighted by Crippen LogP contribution is 2.41. The number of hydrogen-bond acceptors (Lipinski definition) is 3. The Hall–Kier alpha value is -1.62. The molecule has 1 saturated carbocycles. The molecular formula is C20H25Cl2N3O. The van der Waals surface area contributed by atoms with E-state index in [0.29, 0.717) is 13.1 Å². The molecule has 1 aliphatic carbocycles. The van der Waals surface area contributed by atoms with Crippen LogP contribution in [-0.2, 0) is 16.8 Å². The molecule has 1 amide bonds. The third-order valence-electron chi connectivity index (χ3n) is 5.33. The highest BCUT2D eigenvalue weighted by atomic mass is 35.5. The van der Waals surface area contributed by atoms with Gasteiger partial charge in [0.1, 0.15) is 0 Å². The van der Waals surface area contributed by atoms with Gasteiger partial charge in [0.05, 0.1) is 0 Å². The van der Waals surface area contributed by atoms with Crippen molar-refractivity contribution in [1.29, 1.82) is 0 Å². The molecule has 0 radical (unpaired) electrons. The highest BCUT2D eigenvalue weighted by Gasteiger charge is 2.37. The van der Waals surface area contributed by atoms with Gasteiger partial charge in [-0.25, -0.2) is 0 Å². The molecule has 1 fully saturated rings. The van der Waals surface area contributed by atoms with Crippen LogP contribution in [0, 0.1) is 5.92 Å². The summed E-state index contributed by atoms with van der Waals surface area (Å²) in [5.41, 5.74) is 8.27. The summed E-state index contributed by atoms with van der Waals surface area (Å²) in [4.78, 5) is 16.5. The molecule has 0 unspecified atom stereocenters. The number of nitrogens with zero attached hydrogens (tertiary/aromatic N) is 1. The van der Waals surface area contributed by atoms with Crippen LogP contribution in [0.1, 0.15) is 36.8 Å². The summed E-state index contributed by atoms with van der Waals surface area (Å²) in [7, 11) is 0. The molecule has 1 aromatic carbocycles. The van der Waals surface area contributed by atoms with Crippen molar-refractivity contribution in [3.63, 3.8) is 0 Å². The molecule has 0 bridgehead atoms. The molecule has 0 spiro atoms. The average molecular weight is 394 g/mol. The molecule has 0 aliphatic heterocycles. The van der Waals surface area contributed by atoms with Crippen molar-refractivity contribution in [2.45, 2.75) is 37.6 Å². The van der Waals surface area contributed by atoms with E-state index in [1.807, 2.05) is 30.3 Å². The van der Waals surface area contributed by atoms with Crippen LogP contribution in [0.3, 0.4) is 0 Å². The fourth-order valence-corrected chi connectivity index (χ4v) is 3.89. The Morgan fingerprint density at radius 2 is 2.04 bits per heavy atom. The normalized spacial score (nSPS) is 22.3. The Labute approximate surface area is 165 Å². The second-order valence-corrected chi connectivity index (χ2v) is 7.28. The lowest BCUT2D eigenvalue weighted by molar-refractivity contribution is -0.126. The van der Waals surface area contributed by atoms with Gasteiger partial charge in [-0.2, -0.15) is 0 Å². The van der Waals surface area contributed by atoms with Crippen molar-refractivity contribution in [3.05, 3.63) is 64.9 Å². The minimum atomic E-state index is -0.0645. The second-order valence-electron chi connectivity index (χ2n) is 6.85. The van der Waals surface area contributed by atoms with Crippen molar-refractivity contribution >= 4 is 29.9 Å². The number of aromatic nitrogens is 1. The van der Waals surface area contributed by atoms with Crippen molar-refractivity contribution in [2.75, 3.05) is 6.54 Å². The summed E-state index contributed by atoms with van der Waals surface area (Å²) in [5.74, 6) is 0.177. The van der Waals surface area contributed by atoms with Crippen LogP contribution < -0.4 is 11.1 Å². The molecule has 0 atom stereocenters. The molecule has 0 saturated heterocycles. The molecule has 26 heavy (non-hydrogen) atoms. The summed E-state index contributed by atoms with van der Waals surface area (Å²) in [5, 5.41) is 3.77. The molecule has 140 valence electrons. The lowest BCUT2D eigenvalue weighted by atomic mass is 9.66. The Kier molecular flexibility index (Phi) is 7.44. The van der Waals surface area contributed by atoms with Gasteiger partial charge in [0, 0.05) is 41.8 Å². The lowest BCUT2D eigenvalue weighted by Crippen LogP contribution is -2.42. The Morgan fingerprint density at radius 1 is 1.27 bits per heavy atom. The van der Waals surface area contributed by atoms with Gasteiger partial charge in [-0.05, 0) is 55.0 Å². The smallest absolute Gasteiger partial charge is 0.223 e. The zero-order chi connectivity index (χ0) is 17.7. The quantitative estimate of drug-likeness (QED) is 0.809. The SMILES string of the molecule is Cl.NCC1(c2cccc(Cl)c2)CCC(C(=O)NCc2cccnc2)CC1. The van der Waals surface area contributed by atoms with E-state index in [0.717, 1.165) is 36.3 Å². The van der Waals surface area contributed by atoms with Crippen LogP contribution >= 0.6 is 24.0 Å². The summed E-state index contributed by atoms with van der Waals surface area (Å²) in [6.07, 6.45) is 7.03. The second kappa shape index (κ2) is 9.36. The number of halogens is 2. The van der Waals surface area contributed by atoms with Crippen LogP contribution in [0.15, 0.2) is 48.8 Å². The van der Waals surface area contributed by atoms with Crippen LogP contribution in [0.25, 0.3) is 0 Å². The van der Waals surface area contributed by atoms with E-state index in [4.69, 9.17) is 17.3 Å². The first-order valence-corrected chi connectivity index (χ1v) is 9.13. The van der Waals surface area contributed by atoms with E-state index < -0.39 is 0 Å². The minimum absolute atomic E-state index is 0. The summed E-state index contributed by atoms with van der Waals surface area (Å²) in [6.45, 7) is 1.11. The molecule has 6 heteroatoms. The number of amides is 1. The first-order valence-electron chi connectivity index (χ1n) is 8.76. The van der Waals surface area contributed by atoms with E-state index in [1.165, 1.54) is 5.56 Å². The highest BCUT2D eigenvalue weighted by molar-refractivity contribution is 6.30. The predicted molar refractivity (Wildman–Crippen MR) is 107 cm³/mol. The zero-order valence-corrected chi connectivity index (χ0v) is 16.2. The van der Waals surface area contributed by atoms with E-state index in [-0.39, 0.29) is 29.6 Å².